The predicted molar refractivity (Wildman–Crippen MR) is 131 cm³/mol. The molecule has 3 heterocycles. The number of nitrogens with zero attached hydrogens (tertiary/aromatic N) is 4. The van der Waals surface area contributed by atoms with Gasteiger partial charge in [0, 0.05) is 44.6 Å². The lowest BCUT2D eigenvalue weighted by molar-refractivity contribution is -0.135. The van der Waals surface area contributed by atoms with Crippen molar-refractivity contribution < 1.29 is 9.59 Å². The van der Waals surface area contributed by atoms with Gasteiger partial charge in [-0.05, 0) is 75.0 Å². The molecule has 1 aromatic heterocycles. The Morgan fingerprint density at radius 1 is 1.06 bits per heavy atom. The number of amides is 2. The molecule has 2 amide bonds. The Labute approximate surface area is 202 Å². The van der Waals surface area contributed by atoms with E-state index in [2.05, 4.69) is 28.2 Å². The highest BCUT2D eigenvalue weighted by molar-refractivity contribution is 5.87. The molecule has 4 fully saturated rings. The van der Waals surface area contributed by atoms with Crippen molar-refractivity contribution >= 4 is 17.6 Å². The van der Waals surface area contributed by atoms with Crippen LogP contribution in [0.1, 0.15) is 73.8 Å². The number of hydrogen-bond acceptors (Lipinski definition) is 4. The van der Waals surface area contributed by atoms with Crippen molar-refractivity contribution in [3.05, 3.63) is 35.0 Å². The van der Waals surface area contributed by atoms with Gasteiger partial charge in [-0.1, -0.05) is 12.5 Å². The lowest BCUT2D eigenvalue weighted by Gasteiger charge is -2.43. The van der Waals surface area contributed by atoms with E-state index in [0.29, 0.717) is 36.9 Å². The Kier molecular flexibility index (Phi) is 5.39. The molecule has 2 aliphatic heterocycles. The summed E-state index contributed by atoms with van der Waals surface area (Å²) in [5, 5.41) is 0. The number of aromatic nitrogens is 1. The predicted octanol–water partition coefficient (Wildman–Crippen LogP) is 3.24. The molecule has 3 aliphatic carbocycles. The van der Waals surface area contributed by atoms with Gasteiger partial charge in [-0.15, -0.1) is 5.92 Å². The fourth-order valence-electron chi connectivity index (χ4n) is 5.87. The molecular weight excluding hydrogens is 424 g/mol. The molecule has 0 N–H and O–H groups in total. The van der Waals surface area contributed by atoms with Gasteiger partial charge in [0.15, 0.2) is 0 Å². The maximum atomic E-state index is 13.0. The number of fused-ring (bicyclic) bond motifs is 1. The Morgan fingerprint density at radius 3 is 2.50 bits per heavy atom. The van der Waals surface area contributed by atoms with Crippen LogP contribution in [0.5, 0.6) is 0 Å². The van der Waals surface area contributed by atoms with E-state index in [1.165, 1.54) is 48.6 Å². The van der Waals surface area contributed by atoms with Gasteiger partial charge in [0.1, 0.15) is 5.82 Å². The number of carbonyl (C=O) groups is 2. The van der Waals surface area contributed by atoms with E-state index in [1.807, 2.05) is 11.8 Å². The first-order chi connectivity index (χ1) is 16.6. The van der Waals surface area contributed by atoms with Crippen molar-refractivity contribution in [3.63, 3.8) is 0 Å². The van der Waals surface area contributed by atoms with Crippen LogP contribution in [-0.2, 0) is 22.6 Å². The van der Waals surface area contributed by atoms with Crippen molar-refractivity contribution in [1.82, 2.24) is 14.8 Å². The number of pyridine rings is 1. The number of hydrogen-bond donors (Lipinski definition) is 0. The number of carbonyl (C=O) groups excluding carboxylic acids is 2. The SMILES string of the molecule is C=CC(=O)N1CCc2c(C#CC)c(N3CCN(C(=O)C4CC4)C(C4CC4)C3)nc(C3CC3)c2C1. The van der Waals surface area contributed by atoms with Crippen LogP contribution in [0.25, 0.3) is 0 Å². The van der Waals surface area contributed by atoms with Crippen LogP contribution < -0.4 is 4.90 Å². The zero-order chi connectivity index (χ0) is 23.4. The summed E-state index contributed by atoms with van der Waals surface area (Å²) in [7, 11) is 0. The average molecular weight is 459 g/mol. The number of anilines is 1. The summed E-state index contributed by atoms with van der Waals surface area (Å²) in [6, 6.07) is 0.298. The molecule has 1 atom stereocenters. The number of rotatable bonds is 5. The van der Waals surface area contributed by atoms with Crippen molar-refractivity contribution in [1.29, 1.82) is 0 Å². The normalized spacial score (nSPS) is 24.3. The molecule has 0 bridgehead atoms. The van der Waals surface area contributed by atoms with Gasteiger partial charge in [0.2, 0.25) is 11.8 Å². The average Bonchev–Trinajstić information content (AvgIpc) is 3.73. The van der Waals surface area contributed by atoms with E-state index in [0.717, 1.165) is 50.3 Å². The highest BCUT2D eigenvalue weighted by Gasteiger charge is 2.45. The van der Waals surface area contributed by atoms with Crippen molar-refractivity contribution in [2.24, 2.45) is 11.8 Å². The summed E-state index contributed by atoms with van der Waals surface area (Å²) >= 11 is 0. The molecule has 1 aromatic rings. The summed E-state index contributed by atoms with van der Waals surface area (Å²) in [5.41, 5.74) is 4.72. The van der Waals surface area contributed by atoms with Crippen LogP contribution >= 0.6 is 0 Å². The van der Waals surface area contributed by atoms with Crippen molar-refractivity contribution in [2.45, 2.75) is 70.4 Å². The fourth-order valence-corrected chi connectivity index (χ4v) is 5.87. The molecular formula is C28H34N4O2. The molecule has 6 nitrogen and oxygen atoms in total. The molecule has 5 aliphatic rings. The molecule has 0 aromatic carbocycles. The van der Waals surface area contributed by atoms with E-state index >= 15 is 0 Å². The second kappa shape index (κ2) is 8.45. The van der Waals surface area contributed by atoms with E-state index in [1.54, 1.807) is 0 Å². The van der Waals surface area contributed by atoms with E-state index in [-0.39, 0.29) is 11.8 Å². The van der Waals surface area contributed by atoms with Gasteiger partial charge in [-0.25, -0.2) is 4.98 Å². The summed E-state index contributed by atoms with van der Waals surface area (Å²) in [6.45, 7) is 9.33. The van der Waals surface area contributed by atoms with Crippen LogP contribution in [0.15, 0.2) is 12.7 Å². The Balaban J connectivity index is 1.36. The summed E-state index contributed by atoms with van der Waals surface area (Å²) in [5.74, 6) is 9.34. The summed E-state index contributed by atoms with van der Waals surface area (Å²) < 4.78 is 0. The second-order valence-electron chi connectivity index (χ2n) is 10.7. The first-order valence-electron chi connectivity index (χ1n) is 13.0. The molecule has 6 heteroatoms. The van der Waals surface area contributed by atoms with Gasteiger partial charge < -0.3 is 14.7 Å². The van der Waals surface area contributed by atoms with E-state index < -0.39 is 0 Å². The van der Waals surface area contributed by atoms with Crippen molar-refractivity contribution in [3.8, 4) is 11.8 Å². The topological polar surface area (TPSA) is 56.8 Å². The third-order valence-electron chi connectivity index (χ3n) is 8.20. The maximum absolute atomic E-state index is 13.0. The van der Waals surface area contributed by atoms with Crippen LogP contribution in [0.3, 0.4) is 0 Å². The van der Waals surface area contributed by atoms with Gasteiger partial charge >= 0.3 is 0 Å². The Hall–Kier alpha value is -2.81. The fraction of sp³-hybridized carbons (Fsp3) is 0.607. The summed E-state index contributed by atoms with van der Waals surface area (Å²) in [6.07, 6.45) is 9.14. The highest BCUT2D eigenvalue weighted by atomic mass is 16.2. The largest absolute Gasteiger partial charge is 0.352 e. The molecule has 3 saturated carbocycles. The maximum Gasteiger partial charge on any atom is 0.246 e. The van der Waals surface area contributed by atoms with Crippen LogP contribution in [-0.4, -0.2) is 58.8 Å². The van der Waals surface area contributed by atoms with Gasteiger partial charge in [0.25, 0.3) is 0 Å². The minimum Gasteiger partial charge on any atom is -0.352 e. The molecule has 0 spiro atoms. The van der Waals surface area contributed by atoms with E-state index in [9.17, 15) is 9.59 Å². The first-order valence-corrected chi connectivity index (χ1v) is 13.0. The Morgan fingerprint density at radius 2 is 1.85 bits per heavy atom. The van der Waals surface area contributed by atoms with Crippen molar-refractivity contribution in [2.75, 3.05) is 31.1 Å². The molecule has 6 rings (SSSR count). The second-order valence-corrected chi connectivity index (χ2v) is 10.7. The van der Waals surface area contributed by atoms with Crippen LogP contribution in [0.2, 0.25) is 0 Å². The van der Waals surface area contributed by atoms with Gasteiger partial charge in [0.05, 0.1) is 17.3 Å². The third kappa shape index (κ3) is 3.89. The zero-order valence-electron chi connectivity index (χ0n) is 20.2. The monoisotopic (exact) mass is 458 g/mol. The standard InChI is InChI=1S/C28H34N4O2/c1-3-5-22-21-12-13-30(25(33)4-2)16-23(21)26(19-8-9-19)29-27(22)31-14-15-32(28(34)20-10-11-20)24(17-31)18-6-7-18/h4,18-20,24H,2,6-17H2,1H3. The minimum atomic E-state index is -0.0108. The Bertz CT molecular complexity index is 1100. The van der Waals surface area contributed by atoms with Crippen LogP contribution in [0, 0.1) is 23.7 Å². The minimum absolute atomic E-state index is 0.0108. The quantitative estimate of drug-likeness (QED) is 0.502. The molecule has 178 valence electrons. The summed E-state index contributed by atoms with van der Waals surface area (Å²) in [4.78, 5) is 37.2. The van der Waals surface area contributed by atoms with Gasteiger partial charge in [-0.3, -0.25) is 9.59 Å². The van der Waals surface area contributed by atoms with Gasteiger partial charge in [-0.2, -0.15) is 0 Å². The molecule has 0 radical (unpaired) electrons. The molecule has 1 unspecified atom stereocenters. The first kappa shape index (κ1) is 21.7. The lowest BCUT2D eigenvalue weighted by atomic mass is 9.91. The molecule has 34 heavy (non-hydrogen) atoms. The van der Waals surface area contributed by atoms with E-state index in [4.69, 9.17) is 4.98 Å². The highest BCUT2D eigenvalue weighted by Crippen LogP contribution is 2.45. The van der Waals surface area contributed by atoms with Crippen LogP contribution in [0.4, 0.5) is 5.82 Å². The smallest absolute Gasteiger partial charge is 0.246 e. The zero-order valence-corrected chi connectivity index (χ0v) is 20.2. The third-order valence-corrected chi connectivity index (χ3v) is 8.20. The molecule has 1 saturated heterocycles. The number of piperazine rings is 1. The lowest BCUT2D eigenvalue weighted by Crippen LogP contribution is -2.57.